The van der Waals surface area contributed by atoms with Crippen LogP contribution in [0.3, 0.4) is 0 Å². The van der Waals surface area contributed by atoms with E-state index in [2.05, 4.69) is 27.7 Å². The van der Waals surface area contributed by atoms with Crippen LogP contribution in [0.1, 0.15) is 48.7 Å². The minimum atomic E-state index is -0.338. The third-order valence-electron chi connectivity index (χ3n) is 3.80. The maximum Gasteiger partial charge on any atom is 0.226 e. The highest BCUT2D eigenvalue weighted by molar-refractivity contribution is 7.09. The molecule has 1 fully saturated rings. The van der Waals surface area contributed by atoms with Crippen molar-refractivity contribution in [3.05, 3.63) is 34.1 Å². The standard InChI is InChI=1S/C14H19N3OS/c15-14(8-1-2-9-14)13-16-12(18-17-13)7-3-5-11-6-4-10-19-11/h4,6,10H,1-3,5,7-9,15H2. The van der Waals surface area contributed by atoms with Gasteiger partial charge in [0.25, 0.3) is 0 Å². The molecule has 2 aromatic rings. The highest BCUT2D eigenvalue weighted by Gasteiger charge is 2.35. The monoisotopic (exact) mass is 277 g/mol. The number of rotatable bonds is 5. The van der Waals surface area contributed by atoms with Crippen LogP contribution in [0, 0.1) is 0 Å². The quantitative estimate of drug-likeness (QED) is 0.912. The lowest BCUT2D eigenvalue weighted by Crippen LogP contribution is -2.34. The van der Waals surface area contributed by atoms with E-state index in [1.807, 2.05) is 0 Å². The lowest BCUT2D eigenvalue weighted by molar-refractivity contribution is 0.347. The molecule has 0 bridgehead atoms. The predicted molar refractivity (Wildman–Crippen MR) is 75.0 cm³/mol. The van der Waals surface area contributed by atoms with Crippen molar-refractivity contribution in [2.24, 2.45) is 5.73 Å². The molecule has 0 atom stereocenters. The van der Waals surface area contributed by atoms with Crippen molar-refractivity contribution in [2.45, 2.75) is 50.5 Å². The van der Waals surface area contributed by atoms with Gasteiger partial charge in [-0.15, -0.1) is 11.3 Å². The minimum absolute atomic E-state index is 0.338. The molecule has 0 radical (unpaired) electrons. The third-order valence-corrected chi connectivity index (χ3v) is 4.74. The van der Waals surface area contributed by atoms with Crippen LogP contribution in [-0.2, 0) is 18.4 Å². The van der Waals surface area contributed by atoms with Gasteiger partial charge in [0.1, 0.15) is 0 Å². The smallest absolute Gasteiger partial charge is 0.226 e. The fourth-order valence-corrected chi connectivity index (χ4v) is 3.41. The Morgan fingerprint density at radius 2 is 2.16 bits per heavy atom. The topological polar surface area (TPSA) is 64.9 Å². The van der Waals surface area contributed by atoms with Crippen molar-refractivity contribution in [2.75, 3.05) is 0 Å². The first-order valence-electron chi connectivity index (χ1n) is 6.91. The van der Waals surface area contributed by atoms with Crippen molar-refractivity contribution in [1.82, 2.24) is 10.1 Å². The molecule has 5 heteroatoms. The van der Waals surface area contributed by atoms with E-state index in [4.69, 9.17) is 10.3 Å². The molecule has 102 valence electrons. The summed E-state index contributed by atoms with van der Waals surface area (Å²) in [5.41, 5.74) is 5.98. The Bertz CT molecular complexity index is 515. The van der Waals surface area contributed by atoms with Crippen molar-refractivity contribution < 1.29 is 4.52 Å². The number of thiophene rings is 1. The number of nitrogens with zero attached hydrogens (tertiary/aromatic N) is 2. The zero-order valence-electron chi connectivity index (χ0n) is 11.0. The van der Waals surface area contributed by atoms with Crippen molar-refractivity contribution in [3.8, 4) is 0 Å². The zero-order chi connectivity index (χ0) is 13.1. The van der Waals surface area contributed by atoms with E-state index < -0.39 is 0 Å². The van der Waals surface area contributed by atoms with Gasteiger partial charge in [-0.2, -0.15) is 4.98 Å². The number of aromatic nitrogens is 2. The molecular formula is C14H19N3OS. The van der Waals surface area contributed by atoms with Crippen molar-refractivity contribution >= 4 is 11.3 Å². The largest absolute Gasteiger partial charge is 0.339 e. The van der Waals surface area contributed by atoms with Crippen molar-refractivity contribution in [3.63, 3.8) is 0 Å². The van der Waals surface area contributed by atoms with Crippen LogP contribution in [0.2, 0.25) is 0 Å². The van der Waals surface area contributed by atoms with E-state index in [1.54, 1.807) is 11.3 Å². The first-order valence-corrected chi connectivity index (χ1v) is 7.79. The van der Waals surface area contributed by atoms with Gasteiger partial charge < -0.3 is 10.3 Å². The summed E-state index contributed by atoms with van der Waals surface area (Å²) in [5, 5.41) is 6.19. The molecule has 0 aromatic carbocycles. The van der Waals surface area contributed by atoms with Crippen LogP contribution < -0.4 is 5.73 Å². The number of aryl methyl sites for hydroxylation is 2. The number of hydrogen-bond donors (Lipinski definition) is 1. The van der Waals surface area contributed by atoms with Gasteiger partial charge in [0.15, 0.2) is 5.82 Å². The van der Waals surface area contributed by atoms with Gasteiger partial charge >= 0.3 is 0 Å². The third kappa shape index (κ3) is 2.87. The van der Waals surface area contributed by atoms with Crippen LogP contribution >= 0.6 is 11.3 Å². The average molecular weight is 277 g/mol. The number of nitrogens with two attached hydrogens (primary N) is 1. The Balaban J connectivity index is 1.56. The van der Waals surface area contributed by atoms with E-state index in [0.29, 0.717) is 5.82 Å². The average Bonchev–Trinajstić information content (AvgIpc) is 3.10. The fraction of sp³-hybridized carbons (Fsp3) is 0.571. The lowest BCUT2D eigenvalue weighted by Gasteiger charge is -2.17. The second kappa shape index (κ2) is 5.43. The van der Waals surface area contributed by atoms with Gasteiger partial charge in [-0.3, -0.25) is 0 Å². The Morgan fingerprint density at radius 1 is 1.32 bits per heavy atom. The summed E-state index contributed by atoms with van der Waals surface area (Å²) < 4.78 is 5.32. The molecule has 2 aromatic heterocycles. The van der Waals surface area contributed by atoms with Crippen LogP contribution in [0.4, 0.5) is 0 Å². The molecule has 1 aliphatic carbocycles. The van der Waals surface area contributed by atoms with Gasteiger partial charge in [0, 0.05) is 11.3 Å². The Labute approximate surface area is 117 Å². The second-order valence-electron chi connectivity index (χ2n) is 5.31. The normalized spacial score (nSPS) is 17.9. The molecule has 2 N–H and O–H groups in total. The molecule has 0 spiro atoms. The maximum absolute atomic E-state index is 6.32. The van der Waals surface area contributed by atoms with Gasteiger partial charge in [-0.05, 0) is 37.1 Å². The summed E-state index contributed by atoms with van der Waals surface area (Å²) >= 11 is 1.80. The van der Waals surface area contributed by atoms with Gasteiger partial charge in [0.05, 0.1) is 5.54 Å². The molecular weight excluding hydrogens is 258 g/mol. The van der Waals surface area contributed by atoms with Crippen molar-refractivity contribution in [1.29, 1.82) is 0 Å². The van der Waals surface area contributed by atoms with E-state index >= 15 is 0 Å². The summed E-state index contributed by atoms with van der Waals surface area (Å²) in [7, 11) is 0. The highest BCUT2D eigenvalue weighted by Crippen LogP contribution is 2.34. The highest BCUT2D eigenvalue weighted by atomic mass is 32.1. The Morgan fingerprint density at radius 3 is 2.89 bits per heavy atom. The summed E-state index contributed by atoms with van der Waals surface area (Å²) in [4.78, 5) is 5.89. The predicted octanol–water partition coefficient (Wildman–Crippen LogP) is 3.03. The minimum Gasteiger partial charge on any atom is -0.339 e. The van der Waals surface area contributed by atoms with E-state index in [1.165, 1.54) is 17.7 Å². The van der Waals surface area contributed by atoms with E-state index in [-0.39, 0.29) is 5.54 Å². The molecule has 4 nitrogen and oxygen atoms in total. The second-order valence-corrected chi connectivity index (χ2v) is 6.34. The van der Waals surface area contributed by atoms with Crippen LogP contribution in [-0.4, -0.2) is 10.1 Å². The van der Waals surface area contributed by atoms with Crippen LogP contribution in [0.5, 0.6) is 0 Å². The van der Waals surface area contributed by atoms with Crippen LogP contribution in [0.25, 0.3) is 0 Å². The van der Waals surface area contributed by atoms with Gasteiger partial charge in [-0.1, -0.05) is 24.1 Å². The molecule has 0 saturated heterocycles. The summed E-state index contributed by atoms with van der Waals surface area (Å²) in [6, 6.07) is 4.25. The molecule has 1 saturated carbocycles. The summed E-state index contributed by atoms with van der Waals surface area (Å²) in [6.07, 6.45) is 7.23. The summed E-state index contributed by atoms with van der Waals surface area (Å²) in [6.45, 7) is 0. The van der Waals surface area contributed by atoms with Crippen LogP contribution in [0.15, 0.2) is 22.0 Å². The van der Waals surface area contributed by atoms with E-state index in [0.717, 1.165) is 38.0 Å². The molecule has 0 aliphatic heterocycles. The van der Waals surface area contributed by atoms with Gasteiger partial charge in [0.2, 0.25) is 5.89 Å². The molecule has 1 aliphatic rings. The van der Waals surface area contributed by atoms with E-state index in [9.17, 15) is 0 Å². The molecule has 3 rings (SSSR count). The fourth-order valence-electron chi connectivity index (χ4n) is 2.66. The first kappa shape index (κ1) is 12.8. The molecule has 19 heavy (non-hydrogen) atoms. The molecule has 0 amide bonds. The summed E-state index contributed by atoms with van der Waals surface area (Å²) in [5.74, 6) is 1.43. The Hall–Kier alpha value is -1.20. The molecule has 0 unspecified atom stereocenters. The SMILES string of the molecule is NC1(c2noc(CCCc3cccs3)n2)CCCC1. The Kier molecular flexibility index (Phi) is 3.66. The maximum atomic E-state index is 6.32. The number of hydrogen-bond acceptors (Lipinski definition) is 5. The zero-order valence-corrected chi connectivity index (χ0v) is 11.8. The molecule has 2 heterocycles. The lowest BCUT2D eigenvalue weighted by atomic mass is 9.99. The van der Waals surface area contributed by atoms with Gasteiger partial charge in [-0.25, -0.2) is 0 Å². The first-order chi connectivity index (χ1) is 9.26.